The van der Waals surface area contributed by atoms with Gasteiger partial charge in [0.05, 0.1) is 11.3 Å². The van der Waals surface area contributed by atoms with Crippen molar-refractivity contribution in [2.75, 3.05) is 6.54 Å². The van der Waals surface area contributed by atoms with E-state index in [9.17, 15) is 9.18 Å². The van der Waals surface area contributed by atoms with Crippen LogP contribution in [0.2, 0.25) is 5.02 Å². The number of benzene rings is 2. The van der Waals surface area contributed by atoms with Gasteiger partial charge in [-0.15, -0.1) is 5.10 Å². The Morgan fingerprint density at radius 2 is 2.00 bits per heavy atom. The first-order chi connectivity index (χ1) is 11.6. The maximum atomic E-state index is 12.9. The van der Waals surface area contributed by atoms with Crippen LogP contribution in [0.15, 0.2) is 48.8 Å². The second kappa shape index (κ2) is 7.18. The Labute approximate surface area is 142 Å². The molecule has 1 heterocycles. The number of carbonyl (C=O) groups is 1. The number of hydrogen-bond acceptors (Lipinski definition) is 4. The predicted octanol–water partition coefficient (Wildman–Crippen LogP) is 2.43. The molecule has 0 aliphatic rings. The SMILES string of the molecule is O=C(NCCc1ccc(F)cc1)c1ccc(Cl)cc1-n1cnnn1. The van der Waals surface area contributed by atoms with Gasteiger partial charge in [-0.25, -0.2) is 4.39 Å². The number of carbonyl (C=O) groups excluding carboxylic acids is 1. The normalized spacial score (nSPS) is 10.6. The molecule has 0 spiro atoms. The molecule has 3 aromatic rings. The van der Waals surface area contributed by atoms with Gasteiger partial charge in [0.15, 0.2) is 0 Å². The Morgan fingerprint density at radius 1 is 1.21 bits per heavy atom. The van der Waals surface area contributed by atoms with Gasteiger partial charge in [0.2, 0.25) is 0 Å². The van der Waals surface area contributed by atoms with Gasteiger partial charge >= 0.3 is 0 Å². The number of nitrogens with one attached hydrogen (secondary N) is 1. The second-order valence-electron chi connectivity index (χ2n) is 5.05. The molecule has 1 aromatic heterocycles. The highest BCUT2D eigenvalue weighted by molar-refractivity contribution is 6.31. The minimum atomic E-state index is -0.282. The van der Waals surface area contributed by atoms with Crippen molar-refractivity contribution in [1.82, 2.24) is 25.5 Å². The highest BCUT2D eigenvalue weighted by atomic mass is 35.5. The van der Waals surface area contributed by atoms with E-state index in [0.717, 1.165) is 5.56 Å². The number of tetrazole rings is 1. The van der Waals surface area contributed by atoms with Crippen LogP contribution < -0.4 is 5.32 Å². The van der Waals surface area contributed by atoms with Crippen LogP contribution in [-0.4, -0.2) is 32.7 Å². The lowest BCUT2D eigenvalue weighted by Crippen LogP contribution is -2.27. The van der Waals surface area contributed by atoms with Crippen LogP contribution in [0, 0.1) is 5.82 Å². The molecule has 1 amide bonds. The number of nitrogens with zero attached hydrogens (tertiary/aromatic N) is 4. The number of aromatic nitrogens is 4. The van der Waals surface area contributed by atoms with Crippen LogP contribution in [0.5, 0.6) is 0 Å². The number of amides is 1. The van der Waals surface area contributed by atoms with Gasteiger partial charge in [-0.05, 0) is 52.7 Å². The zero-order valence-electron chi connectivity index (χ0n) is 12.5. The van der Waals surface area contributed by atoms with E-state index in [0.29, 0.717) is 29.2 Å². The minimum Gasteiger partial charge on any atom is -0.352 e. The van der Waals surface area contributed by atoms with Crippen LogP contribution in [-0.2, 0) is 6.42 Å². The fraction of sp³-hybridized carbons (Fsp3) is 0.125. The summed E-state index contributed by atoms with van der Waals surface area (Å²) in [5.41, 5.74) is 1.84. The van der Waals surface area contributed by atoms with Crippen LogP contribution in [0.4, 0.5) is 4.39 Å². The molecule has 3 rings (SSSR count). The summed E-state index contributed by atoms with van der Waals surface area (Å²) in [7, 11) is 0. The Kier molecular flexibility index (Phi) is 4.81. The molecule has 2 aromatic carbocycles. The number of halogens is 2. The molecule has 0 bridgehead atoms. The summed E-state index contributed by atoms with van der Waals surface area (Å²) < 4.78 is 14.2. The molecule has 0 unspecified atom stereocenters. The van der Waals surface area contributed by atoms with Crippen molar-refractivity contribution in [1.29, 1.82) is 0 Å². The number of rotatable bonds is 5. The summed E-state index contributed by atoms with van der Waals surface area (Å²) in [4.78, 5) is 12.4. The summed E-state index contributed by atoms with van der Waals surface area (Å²) in [5.74, 6) is -0.547. The maximum absolute atomic E-state index is 12.9. The first-order valence-corrected chi connectivity index (χ1v) is 7.57. The fourth-order valence-electron chi connectivity index (χ4n) is 2.22. The summed E-state index contributed by atoms with van der Waals surface area (Å²) >= 11 is 5.99. The van der Waals surface area contributed by atoms with E-state index in [1.54, 1.807) is 30.3 Å². The topological polar surface area (TPSA) is 72.7 Å². The number of hydrogen-bond donors (Lipinski definition) is 1. The quantitative estimate of drug-likeness (QED) is 0.770. The van der Waals surface area contributed by atoms with Gasteiger partial charge in [-0.1, -0.05) is 23.7 Å². The molecule has 1 N–H and O–H groups in total. The predicted molar refractivity (Wildman–Crippen MR) is 86.6 cm³/mol. The molecule has 122 valence electrons. The smallest absolute Gasteiger partial charge is 0.253 e. The monoisotopic (exact) mass is 345 g/mol. The third kappa shape index (κ3) is 3.75. The summed E-state index contributed by atoms with van der Waals surface area (Å²) in [6.07, 6.45) is 1.99. The van der Waals surface area contributed by atoms with Crippen LogP contribution >= 0.6 is 11.6 Å². The largest absolute Gasteiger partial charge is 0.352 e. The van der Waals surface area contributed by atoms with E-state index in [1.807, 2.05) is 0 Å². The molecule has 24 heavy (non-hydrogen) atoms. The Balaban J connectivity index is 1.70. The Hall–Kier alpha value is -2.80. The molecule has 0 fully saturated rings. The van der Waals surface area contributed by atoms with E-state index in [-0.39, 0.29) is 11.7 Å². The van der Waals surface area contributed by atoms with Crippen molar-refractivity contribution < 1.29 is 9.18 Å². The zero-order valence-corrected chi connectivity index (χ0v) is 13.2. The van der Waals surface area contributed by atoms with Gasteiger partial charge < -0.3 is 5.32 Å². The summed E-state index contributed by atoms with van der Waals surface area (Å²) in [5, 5.41) is 14.2. The Bertz CT molecular complexity index is 836. The standard InChI is InChI=1S/C16H13ClFN5O/c17-12-3-6-14(15(9-12)23-10-20-21-22-23)16(24)19-8-7-11-1-4-13(18)5-2-11/h1-6,9-10H,7-8H2,(H,19,24). The Morgan fingerprint density at radius 3 is 2.71 bits per heavy atom. The first-order valence-electron chi connectivity index (χ1n) is 7.19. The van der Waals surface area contributed by atoms with Gasteiger partial charge in [-0.3, -0.25) is 4.79 Å². The lowest BCUT2D eigenvalue weighted by Gasteiger charge is -2.10. The molecule has 0 aliphatic heterocycles. The van der Waals surface area contributed by atoms with Crippen molar-refractivity contribution in [3.63, 3.8) is 0 Å². The average Bonchev–Trinajstić information content (AvgIpc) is 3.11. The minimum absolute atomic E-state index is 0.265. The summed E-state index contributed by atoms with van der Waals surface area (Å²) in [6, 6.07) is 11.0. The molecular weight excluding hydrogens is 333 g/mol. The molecule has 6 nitrogen and oxygen atoms in total. The highest BCUT2D eigenvalue weighted by Crippen LogP contribution is 2.19. The van der Waals surface area contributed by atoms with Gasteiger partial charge in [0.1, 0.15) is 12.1 Å². The van der Waals surface area contributed by atoms with Crippen molar-refractivity contribution >= 4 is 17.5 Å². The second-order valence-corrected chi connectivity index (χ2v) is 5.48. The van der Waals surface area contributed by atoms with Crippen molar-refractivity contribution in [2.24, 2.45) is 0 Å². The molecular formula is C16H13ClFN5O. The molecule has 0 radical (unpaired) electrons. The van der Waals surface area contributed by atoms with Gasteiger partial charge in [0, 0.05) is 11.6 Å². The van der Waals surface area contributed by atoms with Crippen LogP contribution in [0.1, 0.15) is 15.9 Å². The lowest BCUT2D eigenvalue weighted by molar-refractivity contribution is 0.0954. The van der Waals surface area contributed by atoms with Crippen LogP contribution in [0.3, 0.4) is 0 Å². The van der Waals surface area contributed by atoms with E-state index < -0.39 is 0 Å². The molecule has 0 saturated carbocycles. The zero-order chi connectivity index (χ0) is 16.9. The highest BCUT2D eigenvalue weighted by Gasteiger charge is 2.14. The fourth-order valence-corrected chi connectivity index (χ4v) is 2.39. The van der Waals surface area contributed by atoms with Gasteiger partial charge in [0.25, 0.3) is 5.91 Å². The first kappa shape index (κ1) is 16.1. The summed E-state index contributed by atoms with van der Waals surface area (Å²) in [6.45, 7) is 0.419. The molecule has 0 atom stereocenters. The third-order valence-electron chi connectivity index (χ3n) is 3.41. The van der Waals surface area contributed by atoms with E-state index in [4.69, 9.17) is 11.6 Å². The van der Waals surface area contributed by atoms with Crippen molar-refractivity contribution in [3.05, 3.63) is 70.8 Å². The van der Waals surface area contributed by atoms with Crippen LogP contribution in [0.25, 0.3) is 5.69 Å². The van der Waals surface area contributed by atoms with Crippen molar-refractivity contribution in [2.45, 2.75) is 6.42 Å². The maximum Gasteiger partial charge on any atom is 0.253 e. The van der Waals surface area contributed by atoms with Crippen molar-refractivity contribution in [3.8, 4) is 5.69 Å². The molecule has 8 heteroatoms. The lowest BCUT2D eigenvalue weighted by atomic mass is 10.1. The van der Waals surface area contributed by atoms with E-state index >= 15 is 0 Å². The van der Waals surface area contributed by atoms with E-state index in [1.165, 1.54) is 23.1 Å². The third-order valence-corrected chi connectivity index (χ3v) is 3.65. The molecule has 0 saturated heterocycles. The molecule has 0 aliphatic carbocycles. The van der Waals surface area contributed by atoms with E-state index in [2.05, 4.69) is 20.8 Å². The van der Waals surface area contributed by atoms with Gasteiger partial charge in [-0.2, -0.15) is 4.68 Å². The average molecular weight is 346 g/mol.